The number of piperidine rings is 1. The van der Waals surface area contributed by atoms with E-state index >= 15 is 0 Å². The standard InChI is InChI=1S/C13H28N.ClH/c1-3-5-6-8-11-14(4-2)12-9-7-10-13-14;/h3-13H2,1-2H3;1H/q+1;/p-1. The van der Waals surface area contributed by atoms with E-state index in [2.05, 4.69) is 13.8 Å². The fraction of sp³-hybridized carbons (Fsp3) is 1.00. The van der Waals surface area contributed by atoms with Gasteiger partial charge in [-0.3, -0.25) is 0 Å². The van der Waals surface area contributed by atoms with E-state index in [4.69, 9.17) is 0 Å². The van der Waals surface area contributed by atoms with E-state index in [1.54, 1.807) is 0 Å². The van der Waals surface area contributed by atoms with Crippen LogP contribution in [0, 0.1) is 0 Å². The van der Waals surface area contributed by atoms with E-state index in [0.29, 0.717) is 0 Å². The first-order chi connectivity index (χ1) is 6.83. The predicted molar refractivity (Wildman–Crippen MR) is 63.4 cm³/mol. The highest BCUT2D eigenvalue weighted by atomic mass is 35.5. The van der Waals surface area contributed by atoms with Gasteiger partial charge in [-0.25, -0.2) is 0 Å². The van der Waals surface area contributed by atoms with Crippen LogP contribution in [0.2, 0.25) is 0 Å². The van der Waals surface area contributed by atoms with Crippen molar-refractivity contribution in [3.8, 4) is 0 Å². The maximum Gasteiger partial charge on any atom is 0.0786 e. The molecule has 0 bridgehead atoms. The second-order valence-corrected chi connectivity index (χ2v) is 4.95. The van der Waals surface area contributed by atoms with Crippen molar-refractivity contribution in [2.24, 2.45) is 0 Å². The van der Waals surface area contributed by atoms with Crippen LogP contribution in [0.5, 0.6) is 0 Å². The molecule has 1 heterocycles. The SMILES string of the molecule is CCCCCC[N+]1(CC)CCCCC1.[Cl-]. The van der Waals surface area contributed by atoms with E-state index < -0.39 is 0 Å². The summed E-state index contributed by atoms with van der Waals surface area (Å²) in [6.07, 6.45) is 10.1. The Bertz CT molecular complexity index is 141. The van der Waals surface area contributed by atoms with Crippen molar-refractivity contribution in [1.29, 1.82) is 0 Å². The smallest absolute Gasteiger partial charge is 0.0786 e. The third-order valence-electron chi connectivity index (χ3n) is 3.92. The molecule has 1 aliphatic heterocycles. The molecule has 0 amide bonds. The maximum absolute atomic E-state index is 2.38. The molecule has 0 unspecified atom stereocenters. The highest BCUT2D eigenvalue weighted by Gasteiger charge is 2.26. The first-order valence-corrected chi connectivity index (χ1v) is 6.68. The molecule has 2 heteroatoms. The van der Waals surface area contributed by atoms with Gasteiger partial charge in [-0.15, -0.1) is 0 Å². The molecule has 1 nitrogen and oxygen atoms in total. The molecule has 0 aliphatic carbocycles. The normalized spacial score (nSPS) is 19.6. The largest absolute Gasteiger partial charge is 1.00 e. The van der Waals surface area contributed by atoms with Gasteiger partial charge in [0.2, 0.25) is 0 Å². The van der Waals surface area contributed by atoms with Gasteiger partial charge in [0.1, 0.15) is 0 Å². The van der Waals surface area contributed by atoms with Gasteiger partial charge in [-0.1, -0.05) is 19.8 Å². The van der Waals surface area contributed by atoms with E-state index in [1.165, 1.54) is 75.6 Å². The molecule has 15 heavy (non-hydrogen) atoms. The monoisotopic (exact) mass is 233 g/mol. The van der Waals surface area contributed by atoms with Crippen molar-refractivity contribution in [1.82, 2.24) is 0 Å². The molecule has 0 saturated carbocycles. The number of rotatable bonds is 6. The first-order valence-electron chi connectivity index (χ1n) is 6.68. The fourth-order valence-electron chi connectivity index (χ4n) is 2.75. The van der Waals surface area contributed by atoms with Gasteiger partial charge in [-0.05, 0) is 39.0 Å². The minimum Gasteiger partial charge on any atom is -1.00 e. The van der Waals surface area contributed by atoms with Crippen molar-refractivity contribution >= 4 is 0 Å². The van der Waals surface area contributed by atoms with Crippen molar-refractivity contribution in [3.05, 3.63) is 0 Å². The van der Waals surface area contributed by atoms with Crippen LogP contribution in [0.15, 0.2) is 0 Å². The zero-order valence-electron chi connectivity index (χ0n) is 10.6. The van der Waals surface area contributed by atoms with E-state index in [0.717, 1.165) is 0 Å². The van der Waals surface area contributed by atoms with Gasteiger partial charge in [0, 0.05) is 0 Å². The lowest BCUT2D eigenvalue weighted by atomic mass is 10.1. The number of nitrogens with zero attached hydrogens (tertiary/aromatic N) is 1. The van der Waals surface area contributed by atoms with Gasteiger partial charge in [0.15, 0.2) is 0 Å². The Hall–Kier alpha value is 0.250. The van der Waals surface area contributed by atoms with E-state index in [1.807, 2.05) is 0 Å². The number of likely N-dealkylation sites (tertiary alicyclic amines) is 1. The number of halogens is 1. The van der Waals surface area contributed by atoms with Crippen molar-refractivity contribution in [3.63, 3.8) is 0 Å². The molecule has 1 fully saturated rings. The summed E-state index contributed by atoms with van der Waals surface area (Å²) in [6, 6.07) is 0. The summed E-state index contributed by atoms with van der Waals surface area (Å²) >= 11 is 0. The minimum absolute atomic E-state index is 0. The molecule has 92 valence electrons. The molecule has 0 spiro atoms. The summed E-state index contributed by atoms with van der Waals surface area (Å²) < 4.78 is 1.43. The lowest BCUT2D eigenvalue weighted by Crippen LogP contribution is -3.00. The maximum atomic E-state index is 2.38. The Morgan fingerprint density at radius 3 is 2.07 bits per heavy atom. The van der Waals surface area contributed by atoms with Gasteiger partial charge in [0.05, 0.1) is 26.2 Å². The van der Waals surface area contributed by atoms with E-state index in [-0.39, 0.29) is 12.4 Å². The number of quaternary nitrogens is 1. The third kappa shape index (κ3) is 5.21. The van der Waals surface area contributed by atoms with Gasteiger partial charge >= 0.3 is 0 Å². The van der Waals surface area contributed by atoms with Crippen molar-refractivity contribution < 1.29 is 16.9 Å². The van der Waals surface area contributed by atoms with E-state index in [9.17, 15) is 0 Å². The summed E-state index contributed by atoms with van der Waals surface area (Å²) in [5.74, 6) is 0. The molecule has 0 aromatic carbocycles. The van der Waals surface area contributed by atoms with Crippen LogP contribution in [0.25, 0.3) is 0 Å². The molecular formula is C13H28ClN. The minimum atomic E-state index is 0. The lowest BCUT2D eigenvalue weighted by molar-refractivity contribution is -0.931. The molecule has 1 saturated heterocycles. The quantitative estimate of drug-likeness (QED) is 0.466. The van der Waals surface area contributed by atoms with Gasteiger partial charge < -0.3 is 16.9 Å². The molecular weight excluding hydrogens is 206 g/mol. The van der Waals surface area contributed by atoms with Crippen molar-refractivity contribution in [2.75, 3.05) is 26.2 Å². The summed E-state index contributed by atoms with van der Waals surface area (Å²) in [6.45, 7) is 10.4. The van der Waals surface area contributed by atoms with Crippen LogP contribution in [-0.2, 0) is 0 Å². The first kappa shape index (κ1) is 15.2. The zero-order valence-corrected chi connectivity index (χ0v) is 11.4. The Balaban J connectivity index is 0.00000196. The Labute approximate surface area is 102 Å². The number of hydrogen-bond acceptors (Lipinski definition) is 0. The van der Waals surface area contributed by atoms with Crippen LogP contribution < -0.4 is 12.4 Å². The second-order valence-electron chi connectivity index (χ2n) is 4.95. The topological polar surface area (TPSA) is 0 Å². The van der Waals surface area contributed by atoms with Gasteiger partial charge in [0.25, 0.3) is 0 Å². The average molecular weight is 234 g/mol. The Morgan fingerprint density at radius 2 is 1.53 bits per heavy atom. The molecule has 0 aromatic heterocycles. The zero-order chi connectivity index (χ0) is 10.3. The van der Waals surface area contributed by atoms with Crippen LogP contribution in [-0.4, -0.2) is 30.7 Å². The fourth-order valence-corrected chi connectivity index (χ4v) is 2.75. The Kier molecular flexibility index (Phi) is 8.55. The molecule has 1 rings (SSSR count). The molecule has 1 aliphatic rings. The predicted octanol–water partition coefficient (Wildman–Crippen LogP) is 0.591. The summed E-state index contributed by atoms with van der Waals surface area (Å²) in [7, 11) is 0. The second kappa shape index (κ2) is 8.41. The number of hydrogen-bond donors (Lipinski definition) is 0. The summed E-state index contributed by atoms with van der Waals surface area (Å²) in [5, 5.41) is 0. The van der Waals surface area contributed by atoms with Crippen LogP contribution >= 0.6 is 0 Å². The van der Waals surface area contributed by atoms with Crippen LogP contribution in [0.4, 0.5) is 0 Å². The van der Waals surface area contributed by atoms with Crippen molar-refractivity contribution in [2.45, 2.75) is 58.8 Å². The van der Waals surface area contributed by atoms with Crippen LogP contribution in [0.1, 0.15) is 58.8 Å². The number of unbranched alkanes of at least 4 members (excludes halogenated alkanes) is 3. The molecule has 0 atom stereocenters. The third-order valence-corrected chi connectivity index (χ3v) is 3.92. The summed E-state index contributed by atoms with van der Waals surface area (Å²) in [5.41, 5.74) is 0. The average Bonchev–Trinajstić information content (AvgIpc) is 2.26. The highest BCUT2D eigenvalue weighted by molar-refractivity contribution is 4.54. The van der Waals surface area contributed by atoms with Gasteiger partial charge in [-0.2, -0.15) is 0 Å². The molecule has 0 radical (unpaired) electrons. The highest BCUT2D eigenvalue weighted by Crippen LogP contribution is 2.19. The summed E-state index contributed by atoms with van der Waals surface area (Å²) in [4.78, 5) is 0. The Morgan fingerprint density at radius 1 is 0.867 bits per heavy atom. The van der Waals surface area contributed by atoms with Crippen LogP contribution in [0.3, 0.4) is 0 Å². The molecule has 0 N–H and O–H groups in total. The molecule has 0 aromatic rings. The lowest BCUT2D eigenvalue weighted by Gasteiger charge is -2.41.